The highest BCUT2D eigenvalue weighted by molar-refractivity contribution is 6.32. The van der Waals surface area contributed by atoms with Crippen molar-refractivity contribution in [2.45, 2.75) is 0 Å². The average Bonchev–Trinajstić information content (AvgIpc) is 1.82. The Morgan fingerprint density at radius 3 is 2.20 bits per heavy atom. The van der Waals surface area contributed by atoms with Crippen LogP contribution in [0.1, 0.15) is 0 Å². The molecule has 10 heavy (non-hydrogen) atoms. The van der Waals surface area contributed by atoms with E-state index in [1.165, 1.54) is 0 Å². The lowest BCUT2D eigenvalue weighted by Crippen LogP contribution is -2.11. The van der Waals surface area contributed by atoms with E-state index in [1.54, 1.807) is 0 Å². The van der Waals surface area contributed by atoms with Gasteiger partial charge in [0, 0.05) is 6.07 Å². The zero-order chi connectivity index (χ0) is 7.72. The van der Waals surface area contributed by atoms with Crippen molar-refractivity contribution in [1.29, 1.82) is 0 Å². The van der Waals surface area contributed by atoms with E-state index in [1.807, 2.05) is 0 Å². The lowest BCUT2D eigenvalue weighted by Gasteiger charge is -1.95. The maximum absolute atomic E-state index is 12.3. The van der Waals surface area contributed by atoms with Crippen molar-refractivity contribution in [3.63, 3.8) is 0 Å². The number of rotatable bonds is 0. The van der Waals surface area contributed by atoms with E-state index in [0.29, 0.717) is 6.07 Å². The second-order valence-corrected chi connectivity index (χ2v) is 2.29. The molecule has 1 aromatic rings. The molecular formula is C6H2F3Si. The van der Waals surface area contributed by atoms with Crippen LogP contribution in [0.3, 0.4) is 0 Å². The van der Waals surface area contributed by atoms with E-state index in [4.69, 9.17) is 0 Å². The second-order valence-electron chi connectivity index (χ2n) is 1.75. The van der Waals surface area contributed by atoms with Gasteiger partial charge in [0.1, 0.15) is 5.82 Å². The lowest BCUT2D eigenvalue weighted by molar-refractivity contribution is 0.501. The Morgan fingerprint density at radius 2 is 1.70 bits per heavy atom. The van der Waals surface area contributed by atoms with Gasteiger partial charge in [-0.3, -0.25) is 0 Å². The summed E-state index contributed by atoms with van der Waals surface area (Å²) < 4.78 is 36.7. The molecule has 51 valence electrons. The molecule has 0 aliphatic heterocycles. The summed E-state index contributed by atoms with van der Waals surface area (Å²) in [7, 11) is 2.69. The Labute approximate surface area is 59.1 Å². The van der Waals surface area contributed by atoms with Crippen LogP contribution in [0.4, 0.5) is 13.2 Å². The molecule has 0 fully saturated rings. The van der Waals surface area contributed by atoms with Gasteiger partial charge in [-0.15, -0.1) is 0 Å². The summed E-state index contributed by atoms with van der Waals surface area (Å²) in [5.74, 6) is -3.06. The molecule has 0 spiro atoms. The van der Waals surface area contributed by atoms with Crippen LogP contribution in [-0.4, -0.2) is 10.2 Å². The van der Waals surface area contributed by atoms with Gasteiger partial charge in [0.2, 0.25) is 0 Å². The third-order valence-electron chi connectivity index (χ3n) is 0.993. The van der Waals surface area contributed by atoms with E-state index < -0.39 is 17.5 Å². The zero-order valence-electron chi connectivity index (χ0n) is 4.79. The van der Waals surface area contributed by atoms with Gasteiger partial charge in [-0.25, -0.2) is 13.2 Å². The number of hydrogen-bond donors (Lipinski definition) is 0. The summed E-state index contributed by atoms with van der Waals surface area (Å²) in [4.78, 5) is 0. The first-order valence-corrected chi connectivity index (χ1v) is 2.97. The molecule has 0 saturated carbocycles. The molecule has 0 saturated heterocycles. The van der Waals surface area contributed by atoms with Gasteiger partial charge in [-0.1, -0.05) is 0 Å². The Hall–Kier alpha value is -0.773. The molecule has 0 aliphatic carbocycles. The number of benzene rings is 1. The summed E-state index contributed by atoms with van der Waals surface area (Å²) >= 11 is 0. The minimum absolute atomic E-state index is 0.211. The van der Waals surface area contributed by atoms with Crippen LogP contribution < -0.4 is 5.19 Å². The molecule has 1 aromatic carbocycles. The highest BCUT2D eigenvalue weighted by Crippen LogP contribution is 2.03. The Bertz CT molecular complexity index is 236. The van der Waals surface area contributed by atoms with E-state index in [-0.39, 0.29) is 5.19 Å². The molecule has 0 aromatic heterocycles. The van der Waals surface area contributed by atoms with E-state index in [2.05, 4.69) is 10.2 Å². The smallest absolute Gasteiger partial charge is 0.161 e. The fourth-order valence-corrected chi connectivity index (χ4v) is 0.813. The Kier molecular flexibility index (Phi) is 1.80. The molecule has 0 nitrogen and oxygen atoms in total. The number of hydrogen-bond acceptors (Lipinski definition) is 0. The van der Waals surface area contributed by atoms with Crippen molar-refractivity contribution in [3.8, 4) is 0 Å². The molecule has 0 aliphatic rings. The van der Waals surface area contributed by atoms with Crippen molar-refractivity contribution in [2.24, 2.45) is 0 Å². The van der Waals surface area contributed by atoms with Crippen LogP contribution >= 0.6 is 0 Å². The highest BCUT2D eigenvalue weighted by atomic mass is 28.1. The molecule has 1 rings (SSSR count). The fraction of sp³-hybridized carbons (Fsp3) is 0. The van der Waals surface area contributed by atoms with Crippen LogP contribution in [0.25, 0.3) is 0 Å². The summed E-state index contributed by atoms with van der Waals surface area (Å²) in [5, 5.41) is -0.211. The average molecular weight is 159 g/mol. The first-order chi connectivity index (χ1) is 4.61. The van der Waals surface area contributed by atoms with Crippen molar-refractivity contribution >= 4 is 15.4 Å². The molecule has 0 heterocycles. The maximum Gasteiger partial charge on any atom is 0.161 e. The third kappa shape index (κ3) is 1.21. The van der Waals surface area contributed by atoms with Crippen molar-refractivity contribution in [3.05, 3.63) is 29.6 Å². The predicted molar refractivity (Wildman–Crippen MR) is 31.7 cm³/mol. The molecular weight excluding hydrogens is 157 g/mol. The molecule has 3 radical (unpaired) electrons. The third-order valence-corrected chi connectivity index (χ3v) is 1.36. The zero-order valence-corrected chi connectivity index (χ0v) is 5.79. The van der Waals surface area contributed by atoms with Crippen molar-refractivity contribution in [2.75, 3.05) is 0 Å². The minimum Gasteiger partial charge on any atom is -0.207 e. The summed E-state index contributed by atoms with van der Waals surface area (Å²) in [5.41, 5.74) is 0. The Balaban J connectivity index is 3.31. The van der Waals surface area contributed by atoms with E-state index >= 15 is 0 Å². The summed E-state index contributed by atoms with van der Waals surface area (Å²) in [6, 6.07) is 1.34. The lowest BCUT2D eigenvalue weighted by atomic mass is 10.3. The first kappa shape index (κ1) is 7.34. The standard InChI is InChI=1S/C6H2F3Si/c7-3-1-4(8)6(9)5(10)2-3/h1-2H. The van der Waals surface area contributed by atoms with E-state index in [0.717, 1.165) is 6.07 Å². The molecule has 0 amide bonds. The van der Waals surface area contributed by atoms with Crippen molar-refractivity contribution < 1.29 is 13.2 Å². The van der Waals surface area contributed by atoms with Crippen LogP contribution in [0, 0.1) is 17.5 Å². The first-order valence-electron chi connectivity index (χ1n) is 2.47. The van der Waals surface area contributed by atoms with Crippen LogP contribution in [0.15, 0.2) is 12.1 Å². The largest absolute Gasteiger partial charge is 0.207 e. The van der Waals surface area contributed by atoms with Gasteiger partial charge in [0.25, 0.3) is 0 Å². The van der Waals surface area contributed by atoms with Crippen LogP contribution in [-0.2, 0) is 0 Å². The summed E-state index contributed by atoms with van der Waals surface area (Å²) in [6.45, 7) is 0. The number of halogens is 3. The van der Waals surface area contributed by atoms with Gasteiger partial charge >= 0.3 is 0 Å². The Morgan fingerprint density at radius 1 is 1.10 bits per heavy atom. The quantitative estimate of drug-likeness (QED) is 0.389. The summed E-state index contributed by atoms with van der Waals surface area (Å²) in [6.07, 6.45) is 0. The topological polar surface area (TPSA) is 0 Å². The van der Waals surface area contributed by atoms with Gasteiger partial charge in [0.05, 0.1) is 10.2 Å². The van der Waals surface area contributed by atoms with E-state index in [9.17, 15) is 13.2 Å². The molecule has 0 atom stereocenters. The highest BCUT2D eigenvalue weighted by Gasteiger charge is 2.05. The van der Waals surface area contributed by atoms with Crippen LogP contribution in [0.2, 0.25) is 0 Å². The second kappa shape index (κ2) is 2.46. The van der Waals surface area contributed by atoms with Gasteiger partial charge in [-0.2, -0.15) is 0 Å². The molecule has 0 bridgehead atoms. The fourth-order valence-electron chi connectivity index (χ4n) is 0.556. The molecule has 0 unspecified atom stereocenters. The minimum atomic E-state index is -1.19. The van der Waals surface area contributed by atoms with Crippen LogP contribution in [0.5, 0.6) is 0 Å². The molecule has 0 N–H and O–H groups in total. The SMILES string of the molecule is Fc1cc(F)c(F)c([Si])c1. The predicted octanol–water partition coefficient (Wildman–Crippen LogP) is 0.898. The molecule has 4 heteroatoms. The van der Waals surface area contributed by atoms with Gasteiger partial charge in [0.15, 0.2) is 11.6 Å². The normalized spacial score (nSPS) is 10.0. The monoisotopic (exact) mass is 159 g/mol. The van der Waals surface area contributed by atoms with Gasteiger partial charge < -0.3 is 0 Å². The maximum atomic E-state index is 12.3. The van der Waals surface area contributed by atoms with Crippen molar-refractivity contribution in [1.82, 2.24) is 0 Å². The van der Waals surface area contributed by atoms with Gasteiger partial charge in [-0.05, 0) is 11.3 Å².